The summed E-state index contributed by atoms with van der Waals surface area (Å²) in [5.41, 5.74) is 4.36. The molecule has 0 saturated heterocycles. The largest absolute Gasteiger partial charge is 0.391 e. The van der Waals surface area contributed by atoms with Crippen molar-refractivity contribution >= 4 is 33.6 Å². The van der Waals surface area contributed by atoms with Crippen LogP contribution in [0.4, 0.5) is 5.13 Å². The Morgan fingerprint density at radius 2 is 2.32 bits per heavy atom. The van der Waals surface area contributed by atoms with Crippen molar-refractivity contribution in [3.8, 4) is 0 Å². The molecule has 1 aliphatic heterocycles. The van der Waals surface area contributed by atoms with Crippen LogP contribution in [0, 0.1) is 0 Å². The highest BCUT2D eigenvalue weighted by Crippen LogP contribution is 2.31. The Kier molecular flexibility index (Phi) is 4.66. The second-order valence-electron chi connectivity index (χ2n) is 5.17. The van der Waals surface area contributed by atoms with Crippen LogP contribution in [0.2, 0.25) is 5.02 Å². The lowest BCUT2D eigenvalue weighted by atomic mass is 9.98. The third-order valence-electron chi connectivity index (χ3n) is 3.79. The number of rotatable bonds is 4. The maximum Gasteiger partial charge on any atom is 0.185 e. The SMILES string of the molecule is CNC1=C(c2cccc(Cl)c2)CN(c2nc(CO)cs2)CC1. The van der Waals surface area contributed by atoms with E-state index in [-0.39, 0.29) is 6.61 Å². The Balaban J connectivity index is 1.90. The lowest BCUT2D eigenvalue weighted by Gasteiger charge is -2.31. The first kappa shape index (κ1) is 15.3. The number of nitrogens with one attached hydrogen (secondary N) is 1. The van der Waals surface area contributed by atoms with Gasteiger partial charge in [0.2, 0.25) is 0 Å². The predicted molar refractivity (Wildman–Crippen MR) is 92.3 cm³/mol. The highest BCUT2D eigenvalue weighted by atomic mass is 35.5. The van der Waals surface area contributed by atoms with E-state index in [0.717, 1.165) is 40.9 Å². The van der Waals surface area contributed by atoms with E-state index in [2.05, 4.69) is 21.3 Å². The van der Waals surface area contributed by atoms with Crippen molar-refractivity contribution in [3.05, 3.63) is 51.6 Å². The van der Waals surface area contributed by atoms with Gasteiger partial charge in [0.1, 0.15) is 0 Å². The number of halogens is 1. The number of hydrogen-bond acceptors (Lipinski definition) is 5. The molecule has 0 saturated carbocycles. The average molecular weight is 336 g/mol. The van der Waals surface area contributed by atoms with Gasteiger partial charge in [-0.05, 0) is 23.3 Å². The van der Waals surface area contributed by atoms with Crippen molar-refractivity contribution < 1.29 is 5.11 Å². The third kappa shape index (κ3) is 3.11. The van der Waals surface area contributed by atoms with Crippen LogP contribution in [0.5, 0.6) is 0 Å². The number of nitrogens with zero attached hydrogens (tertiary/aromatic N) is 2. The number of anilines is 1. The molecule has 0 fully saturated rings. The van der Waals surface area contributed by atoms with Crippen LogP contribution in [-0.4, -0.2) is 30.2 Å². The van der Waals surface area contributed by atoms with Crippen LogP contribution < -0.4 is 10.2 Å². The van der Waals surface area contributed by atoms with Gasteiger partial charge >= 0.3 is 0 Å². The first-order valence-electron chi connectivity index (χ1n) is 7.17. The van der Waals surface area contributed by atoms with Crippen LogP contribution in [-0.2, 0) is 6.61 Å². The molecular formula is C16H18ClN3OS. The molecule has 116 valence electrons. The van der Waals surface area contributed by atoms with E-state index in [0.29, 0.717) is 0 Å². The minimum atomic E-state index is -0.0108. The fourth-order valence-electron chi connectivity index (χ4n) is 2.66. The lowest BCUT2D eigenvalue weighted by molar-refractivity contribution is 0.277. The van der Waals surface area contributed by atoms with Crippen LogP contribution in [0.15, 0.2) is 35.3 Å². The van der Waals surface area contributed by atoms with Gasteiger partial charge < -0.3 is 15.3 Å². The molecular weight excluding hydrogens is 318 g/mol. The molecule has 0 bridgehead atoms. The fraction of sp³-hybridized carbons (Fsp3) is 0.312. The number of aromatic nitrogens is 1. The van der Waals surface area contributed by atoms with E-state index in [9.17, 15) is 5.11 Å². The maximum atomic E-state index is 9.18. The summed E-state index contributed by atoms with van der Waals surface area (Å²) in [4.78, 5) is 6.73. The van der Waals surface area contributed by atoms with Gasteiger partial charge in [-0.15, -0.1) is 11.3 Å². The lowest BCUT2D eigenvalue weighted by Crippen LogP contribution is -2.33. The first-order chi connectivity index (χ1) is 10.7. The predicted octanol–water partition coefficient (Wildman–Crippen LogP) is 3.13. The molecule has 22 heavy (non-hydrogen) atoms. The van der Waals surface area contributed by atoms with Crippen molar-refractivity contribution in [2.45, 2.75) is 13.0 Å². The van der Waals surface area contributed by atoms with Gasteiger partial charge in [0, 0.05) is 42.7 Å². The summed E-state index contributed by atoms with van der Waals surface area (Å²) >= 11 is 7.71. The monoisotopic (exact) mass is 335 g/mol. The maximum absolute atomic E-state index is 9.18. The second kappa shape index (κ2) is 6.69. The quantitative estimate of drug-likeness (QED) is 0.901. The molecule has 0 atom stereocenters. The Morgan fingerprint density at radius 3 is 3.00 bits per heavy atom. The molecule has 0 aliphatic carbocycles. The molecule has 1 aromatic carbocycles. The highest BCUT2D eigenvalue weighted by Gasteiger charge is 2.22. The van der Waals surface area contributed by atoms with Gasteiger partial charge in [0.15, 0.2) is 5.13 Å². The Bertz CT molecular complexity index is 698. The van der Waals surface area contributed by atoms with Crippen molar-refractivity contribution in [2.24, 2.45) is 0 Å². The number of hydrogen-bond donors (Lipinski definition) is 2. The van der Waals surface area contributed by atoms with E-state index in [1.54, 1.807) is 11.3 Å². The van der Waals surface area contributed by atoms with Crippen molar-refractivity contribution in [1.29, 1.82) is 0 Å². The van der Waals surface area contributed by atoms with E-state index < -0.39 is 0 Å². The van der Waals surface area contributed by atoms with Crippen LogP contribution in [0.1, 0.15) is 17.7 Å². The molecule has 0 radical (unpaired) electrons. The zero-order valence-corrected chi connectivity index (χ0v) is 13.9. The van der Waals surface area contributed by atoms with Crippen molar-refractivity contribution in [1.82, 2.24) is 10.3 Å². The van der Waals surface area contributed by atoms with Gasteiger partial charge in [-0.3, -0.25) is 0 Å². The van der Waals surface area contributed by atoms with Crippen LogP contribution in [0.25, 0.3) is 5.57 Å². The van der Waals surface area contributed by atoms with E-state index >= 15 is 0 Å². The zero-order valence-electron chi connectivity index (χ0n) is 12.3. The van der Waals surface area contributed by atoms with Gasteiger partial charge in [0.05, 0.1) is 12.3 Å². The minimum absolute atomic E-state index is 0.0108. The third-order valence-corrected chi connectivity index (χ3v) is 4.98. The number of aliphatic hydroxyl groups is 1. The van der Waals surface area contributed by atoms with E-state index in [4.69, 9.17) is 11.6 Å². The molecule has 2 heterocycles. The summed E-state index contributed by atoms with van der Waals surface area (Å²) in [6.07, 6.45) is 0.937. The Labute approximate surface area is 139 Å². The molecule has 2 N–H and O–H groups in total. The molecule has 4 nitrogen and oxygen atoms in total. The Morgan fingerprint density at radius 1 is 1.45 bits per heavy atom. The molecule has 0 spiro atoms. The fourth-order valence-corrected chi connectivity index (χ4v) is 3.69. The number of benzene rings is 1. The topological polar surface area (TPSA) is 48.4 Å². The molecule has 3 rings (SSSR count). The normalized spacial score (nSPS) is 15.3. The van der Waals surface area contributed by atoms with Gasteiger partial charge in [0.25, 0.3) is 0 Å². The van der Waals surface area contributed by atoms with Crippen molar-refractivity contribution in [2.75, 3.05) is 25.0 Å². The second-order valence-corrected chi connectivity index (χ2v) is 6.44. The molecule has 0 unspecified atom stereocenters. The van der Waals surface area contributed by atoms with E-state index in [1.807, 2.05) is 30.6 Å². The summed E-state index contributed by atoms with van der Waals surface area (Å²) in [7, 11) is 1.96. The number of aliphatic hydroxyl groups excluding tert-OH is 1. The van der Waals surface area contributed by atoms with E-state index in [1.165, 1.54) is 11.3 Å². The smallest absolute Gasteiger partial charge is 0.185 e. The molecule has 1 aromatic heterocycles. The van der Waals surface area contributed by atoms with Gasteiger partial charge in [-0.25, -0.2) is 4.98 Å². The van der Waals surface area contributed by atoms with Gasteiger partial charge in [-0.2, -0.15) is 0 Å². The first-order valence-corrected chi connectivity index (χ1v) is 8.43. The summed E-state index contributed by atoms with van der Waals surface area (Å²) in [6, 6.07) is 7.95. The van der Waals surface area contributed by atoms with Crippen LogP contribution in [0.3, 0.4) is 0 Å². The molecule has 1 aliphatic rings. The Hall–Kier alpha value is -1.56. The number of thiazole rings is 1. The standard InChI is InChI=1S/C16H18ClN3OS/c1-18-15-5-6-20(16-19-13(9-21)10-22-16)8-14(15)11-3-2-4-12(17)7-11/h2-4,7,10,18,21H,5-6,8-9H2,1H3. The molecule has 2 aromatic rings. The summed E-state index contributed by atoms with van der Waals surface area (Å²) in [6.45, 7) is 1.69. The molecule has 0 amide bonds. The average Bonchev–Trinajstić information content (AvgIpc) is 3.03. The zero-order chi connectivity index (χ0) is 15.5. The van der Waals surface area contributed by atoms with Gasteiger partial charge in [-0.1, -0.05) is 23.7 Å². The van der Waals surface area contributed by atoms with Crippen molar-refractivity contribution in [3.63, 3.8) is 0 Å². The minimum Gasteiger partial charge on any atom is -0.391 e. The summed E-state index contributed by atoms with van der Waals surface area (Å²) < 4.78 is 0. The highest BCUT2D eigenvalue weighted by molar-refractivity contribution is 7.13. The summed E-state index contributed by atoms with van der Waals surface area (Å²) in [5.74, 6) is 0. The van der Waals surface area contributed by atoms with Crippen LogP contribution >= 0.6 is 22.9 Å². The molecule has 6 heteroatoms. The summed E-state index contributed by atoms with van der Waals surface area (Å²) in [5, 5.41) is 16.1.